The van der Waals surface area contributed by atoms with Crippen molar-refractivity contribution in [1.29, 1.82) is 5.41 Å². The molecule has 0 saturated heterocycles. The maximum Gasteiger partial charge on any atom is 0.231 e. The molecule has 0 aliphatic heterocycles. The summed E-state index contributed by atoms with van der Waals surface area (Å²) in [4.78, 5) is 24.0. The van der Waals surface area contributed by atoms with Crippen molar-refractivity contribution in [3.8, 4) is 0 Å². The van der Waals surface area contributed by atoms with Crippen molar-refractivity contribution in [2.45, 2.75) is 6.04 Å². The summed E-state index contributed by atoms with van der Waals surface area (Å²) in [5.41, 5.74) is 6.41. The Balaban J connectivity index is 2.08. The van der Waals surface area contributed by atoms with Crippen LogP contribution in [0, 0.1) is 5.41 Å². The third kappa shape index (κ3) is 1.64. The summed E-state index contributed by atoms with van der Waals surface area (Å²) < 4.78 is 0. The van der Waals surface area contributed by atoms with Crippen molar-refractivity contribution in [1.82, 2.24) is 0 Å². The van der Waals surface area contributed by atoms with Gasteiger partial charge in [0.15, 0.2) is 0 Å². The molecule has 0 saturated carbocycles. The Kier molecular flexibility index (Phi) is 2.53. The van der Waals surface area contributed by atoms with Gasteiger partial charge < -0.3 is 11.1 Å². The fourth-order valence-electron chi connectivity index (χ4n) is 2.98. The molecule has 1 atom stereocenters. The van der Waals surface area contributed by atoms with Crippen LogP contribution in [0.25, 0.3) is 21.5 Å². The number of nitrogens with one attached hydrogen (secondary N) is 1. The highest BCUT2D eigenvalue weighted by Crippen LogP contribution is 2.28. The molecule has 0 spiro atoms. The summed E-state index contributed by atoms with van der Waals surface area (Å²) in [6.45, 7) is 0. The molecule has 4 nitrogen and oxygen atoms in total. The lowest BCUT2D eigenvalue weighted by molar-refractivity contribution is -0.115. The average Bonchev–Trinajstić information content (AvgIpc) is 2.55. The van der Waals surface area contributed by atoms with E-state index in [1.807, 2.05) is 36.4 Å². The third-order valence-electron chi connectivity index (χ3n) is 4.19. The predicted molar refractivity (Wildman–Crippen MR) is 85.6 cm³/mol. The van der Waals surface area contributed by atoms with Crippen LogP contribution in [0.5, 0.6) is 0 Å². The maximum atomic E-state index is 12.2. The summed E-state index contributed by atoms with van der Waals surface area (Å²) in [5.74, 6) is -1.31. The first-order valence-electron chi connectivity index (χ1n) is 6.96. The molecule has 106 valence electrons. The number of ketones is 2. The van der Waals surface area contributed by atoms with Gasteiger partial charge in [-0.25, -0.2) is 0 Å². The van der Waals surface area contributed by atoms with E-state index in [4.69, 9.17) is 11.1 Å². The van der Waals surface area contributed by atoms with Crippen LogP contribution >= 0.6 is 0 Å². The van der Waals surface area contributed by atoms with Gasteiger partial charge in [-0.2, -0.15) is 0 Å². The van der Waals surface area contributed by atoms with Gasteiger partial charge in [-0.1, -0.05) is 24.3 Å². The lowest BCUT2D eigenvalue weighted by atomic mass is 9.83. The van der Waals surface area contributed by atoms with Gasteiger partial charge in [0.25, 0.3) is 0 Å². The van der Waals surface area contributed by atoms with Gasteiger partial charge >= 0.3 is 0 Å². The molecule has 0 radical (unpaired) electrons. The van der Waals surface area contributed by atoms with Gasteiger partial charge in [0, 0.05) is 11.1 Å². The van der Waals surface area contributed by atoms with Gasteiger partial charge in [0.1, 0.15) is 6.04 Å². The van der Waals surface area contributed by atoms with E-state index in [0.717, 1.165) is 21.5 Å². The quantitative estimate of drug-likeness (QED) is 0.492. The SMILES string of the molecule is N=C1c2cc3cc4ccccc4cc3cc2C(=O)C(=O)C1N. The lowest BCUT2D eigenvalue weighted by Gasteiger charge is -2.21. The van der Waals surface area contributed by atoms with E-state index >= 15 is 0 Å². The predicted octanol–water partition coefficient (Wildman–Crippen LogP) is 2.45. The Morgan fingerprint density at radius 3 is 1.95 bits per heavy atom. The molecule has 3 aromatic carbocycles. The number of carbonyl (C=O) groups excluding carboxylic acids is 2. The van der Waals surface area contributed by atoms with Crippen molar-refractivity contribution in [2.75, 3.05) is 0 Å². The highest BCUT2D eigenvalue weighted by Gasteiger charge is 2.35. The number of hydrogen-bond acceptors (Lipinski definition) is 4. The Hall–Kier alpha value is -2.85. The van der Waals surface area contributed by atoms with E-state index in [0.29, 0.717) is 5.56 Å². The fraction of sp³-hybridized carbons (Fsp3) is 0.0556. The zero-order valence-electron chi connectivity index (χ0n) is 11.6. The van der Waals surface area contributed by atoms with Gasteiger partial charge in [0.05, 0.1) is 5.71 Å². The van der Waals surface area contributed by atoms with Crippen LogP contribution in [-0.2, 0) is 4.79 Å². The smallest absolute Gasteiger partial charge is 0.231 e. The van der Waals surface area contributed by atoms with Crippen molar-refractivity contribution in [3.63, 3.8) is 0 Å². The van der Waals surface area contributed by atoms with Crippen LogP contribution in [0.1, 0.15) is 15.9 Å². The highest BCUT2D eigenvalue weighted by molar-refractivity contribution is 6.53. The number of Topliss-reactive ketones (excluding diaryl/α,β-unsaturated/α-hetero) is 2. The maximum absolute atomic E-state index is 12.2. The molecule has 1 aliphatic carbocycles. The summed E-state index contributed by atoms with van der Waals surface area (Å²) in [5, 5.41) is 12.0. The molecule has 0 bridgehead atoms. The fourth-order valence-corrected chi connectivity index (χ4v) is 2.98. The molecule has 22 heavy (non-hydrogen) atoms. The minimum absolute atomic E-state index is 0.00894. The molecule has 1 unspecified atom stereocenters. The molecule has 4 rings (SSSR count). The molecular formula is C18H12N2O2. The van der Waals surface area contributed by atoms with Crippen LogP contribution in [-0.4, -0.2) is 23.3 Å². The second kappa shape index (κ2) is 4.32. The Morgan fingerprint density at radius 1 is 0.818 bits per heavy atom. The van der Waals surface area contributed by atoms with Gasteiger partial charge in [-0.15, -0.1) is 0 Å². The Labute approximate surface area is 126 Å². The molecule has 3 aromatic rings. The van der Waals surface area contributed by atoms with Gasteiger partial charge in [-0.3, -0.25) is 9.59 Å². The number of benzene rings is 3. The van der Waals surface area contributed by atoms with E-state index in [9.17, 15) is 9.59 Å². The molecule has 0 amide bonds. The van der Waals surface area contributed by atoms with Crippen molar-refractivity contribution in [2.24, 2.45) is 5.73 Å². The first-order valence-corrected chi connectivity index (χ1v) is 6.96. The molecule has 0 fully saturated rings. The van der Waals surface area contributed by atoms with Crippen LogP contribution in [0.2, 0.25) is 0 Å². The van der Waals surface area contributed by atoms with E-state index in [1.165, 1.54) is 0 Å². The number of rotatable bonds is 0. The van der Waals surface area contributed by atoms with Crippen molar-refractivity contribution in [3.05, 3.63) is 59.7 Å². The summed E-state index contributed by atoms with van der Waals surface area (Å²) in [6, 6.07) is 14.3. The highest BCUT2D eigenvalue weighted by atomic mass is 16.2. The van der Waals surface area contributed by atoms with Crippen LogP contribution in [0.15, 0.2) is 48.5 Å². The first-order chi connectivity index (χ1) is 10.6. The van der Waals surface area contributed by atoms with E-state index < -0.39 is 17.6 Å². The number of nitrogens with two attached hydrogens (primary N) is 1. The van der Waals surface area contributed by atoms with E-state index in [-0.39, 0.29) is 11.3 Å². The third-order valence-corrected chi connectivity index (χ3v) is 4.19. The molecule has 0 heterocycles. The average molecular weight is 288 g/mol. The first kappa shape index (κ1) is 12.9. The molecule has 0 aromatic heterocycles. The van der Waals surface area contributed by atoms with E-state index in [2.05, 4.69) is 0 Å². The normalized spacial score (nSPS) is 18.0. The number of hydrogen-bond donors (Lipinski definition) is 2. The van der Waals surface area contributed by atoms with Crippen LogP contribution in [0.3, 0.4) is 0 Å². The van der Waals surface area contributed by atoms with Crippen LogP contribution < -0.4 is 5.73 Å². The second-order valence-electron chi connectivity index (χ2n) is 5.53. The number of carbonyl (C=O) groups is 2. The lowest BCUT2D eigenvalue weighted by Crippen LogP contribution is -2.47. The largest absolute Gasteiger partial charge is 0.316 e. The summed E-state index contributed by atoms with van der Waals surface area (Å²) in [7, 11) is 0. The second-order valence-corrected chi connectivity index (χ2v) is 5.53. The topological polar surface area (TPSA) is 84.0 Å². The Morgan fingerprint density at radius 2 is 1.36 bits per heavy atom. The standard InChI is InChI=1S/C18H12N2O2/c19-15-13-7-11-5-9-3-1-2-4-10(9)6-12(11)8-14(13)17(21)18(22)16(15)20/h1-8,16,19H,20H2. The monoisotopic (exact) mass is 288 g/mol. The Bertz CT molecular complexity index is 1000. The minimum atomic E-state index is -1.15. The van der Waals surface area contributed by atoms with Crippen LogP contribution in [0.4, 0.5) is 0 Å². The summed E-state index contributed by atoms with van der Waals surface area (Å²) >= 11 is 0. The van der Waals surface area contributed by atoms with E-state index in [1.54, 1.807) is 12.1 Å². The van der Waals surface area contributed by atoms with Gasteiger partial charge in [0.2, 0.25) is 11.6 Å². The zero-order valence-corrected chi connectivity index (χ0v) is 11.6. The number of fused-ring (bicyclic) bond motifs is 3. The van der Waals surface area contributed by atoms with Crippen molar-refractivity contribution >= 4 is 38.8 Å². The minimum Gasteiger partial charge on any atom is -0.316 e. The summed E-state index contributed by atoms with van der Waals surface area (Å²) in [6.07, 6.45) is 0. The molecular weight excluding hydrogens is 276 g/mol. The molecule has 3 N–H and O–H groups in total. The van der Waals surface area contributed by atoms with Crippen molar-refractivity contribution < 1.29 is 9.59 Å². The molecule has 4 heteroatoms. The zero-order chi connectivity index (χ0) is 15.4. The molecule has 1 aliphatic rings. The van der Waals surface area contributed by atoms with Gasteiger partial charge in [-0.05, 0) is 45.8 Å².